The van der Waals surface area contributed by atoms with Crippen molar-refractivity contribution in [2.75, 3.05) is 19.0 Å². The minimum absolute atomic E-state index is 0.0299. The Bertz CT molecular complexity index is 1030. The van der Waals surface area contributed by atoms with Crippen molar-refractivity contribution in [1.82, 2.24) is 15.8 Å². The first-order valence-electron chi connectivity index (χ1n) is 9.44. The molecule has 1 atom stereocenters. The van der Waals surface area contributed by atoms with E-state index in [-0.39, 0.29) is 11.7 Å². The van der Waals surface area contributed by atoms with Crippen LogP contribution in [0.3, 0.4) is 0 Å². The number of carbonyl (C=O) groups excluding carboxylic acids is 3. The van der Waals surface area contributed by atoms with Crippen molar-refractivity contribution in [1.29, 1.82) is 0 Å². The molecule has 0 aliphatic carbocycles. The molecule has 1 aliphatic heterocycles. The lowest BCUT2D eigenvalue weighted by atomic mass is 9.92. The topological polar surface area (TPSA) is 109 Å². The fourth-order valence-corrected chi connectivity index (χ4v) is 3.24. The zero-order chi connectivity index (χ0) is 22.6. The number of hydrogen-bond acceptors (Lipinski definition) is 6. The number of carbonyl (C=O) groups is 3. The molecule has 3 amide bonds. The van der Waals surface area contributed by atoms with E-state index in [1.54, 1.807) is 62.4 Å². The number of amides is 3. The molecule has 162 valence electrons. The van der Waals surface area contributed by atoms with Gasteiger partial charge < -0.3 is 20.1 Å². The van der Waals surface area contributed by atoms with Gasteiger partial charge in [0, 0.05) is 5.69 Å². The van der Waals surface area contributed by atoms with Gasteiger partial charge in [-0.2, -0.15) is 5.01 Å². The van der Waals surface area contributed by atoms with Crippen LogP contribution in [0.5, 0.6) is 5.75 Å². The Kier molecular flexibility index (Phi) is 6.40. The molecular formula is C21H22N4O5S. The number of rotatable bonds is 6. The van der Waals surface area contributed by atoms with Crippen molar-refractivity contribution in [2.45, 2.75) is 19.4 Å². The molecule has 1 aliphatic rings. The van der Waals surface area contributed by atoms with Gasteiger partial charge in [-0.15, -0.1) is 0 Å². The van der Waals surface area contributed by atoms with Crippen molar-refractivity contribution in [2.24, 2.45) is 0 Å². The summed E-state index contributed by atoms with van der Waals surface area (Å²) < 4.78 is 10.1. The van der Waals surface area contributed by atoms with Crippen molar-refractivity contribution < 1.29 is 23.9 Å². The van der Waals surface area contributed by atoms with Crippen molar-refractivity contribution in [3.8, 4) is 5.75 Å². The number of benzene rings is 2. The fraction of sp³-hybridized carbons (Fsp3) is 0.238. The molecule has 1 heterocycles. The Hall–Kier alpha value is -3.66. The second kappa shape index (κ2) is 9.00. The third-order valence-electron chi connectivity index (χ3n) is 4.71. The Morgan fingerprint density at radius 2 is 1.90 bits per heavy atom. The SMILES string of the molecule is CCOC(=O)c1ccc(NC(=S)NN2C(=O)NC(C)(c3cccc(OC)c3)C2=O)cc1. The smallest absolute Gasteiger partial charge is 0.344 e. The van der Waals surface area contributed by atoms with Gasteiger partial charge >= 0.3 is 12.0 Å². The van der Waals surface area contributed by atoms with Crippen LogP contribution in [0.4, 0.5) is 10.5 Å². The summed E-state index contributed by atoms with van der Waals surface area (Å²) in [4.78, 5) is 37.2. The molecule has 1 fully saturated rings. The van der Waals surface area contributed by atoms with Gasteiger partial charge in [0.15, 0.2) is 5.11 Å². The van der Waals surface area contributed by atoms with Gasteiger partial charge in [0.05, 0.1) is 19.3 Å². The molecule has 2 aromatic rings. The van der Waals surface area contributed by atoms with Gasteiger partial charge in [0.2, 0.25) is 0 Å². The van der Waals surface area contributed by atoms with Crippen LogP contribution in [0.2, 0.25) is 0 Å². The number of nitrogens with zero attached hydrogens (tertiary/aromatic N) is 1. The molecule has 0 saturated carbocycles. The number of imide groups is 1. The molecule has 0 spiro atoms. The molecule has 1 saturated heterocycles. The zero-order valence-corrected chi connectivity index (χ0v) is 18.0. The zero-order valence-electron chi connectivity index (χ0n) is 17.2. The predicted octanol–water partition coefficient (Wildman–Crippen LogP) is 2.54. The second-order valence-corrected chi connectivity index (χ2v) is 7.20. The molecule has 0 aromatic heterocycles. The standard InChI is InChI=1S/C21H22N4O5S/c1-4-30-17(26)13-8-10-15(11-9-13)22-19(31)24-25-18(27)21(2,23-20(25)28)14-6-5-7-16(12-14)29-3/h5-12H,4H2,1-3H3,(H,23,28)(H2,22,24,31). The fourth-order valence-electron chi connectivity index (χ4n) is 3.03. The van der Waals surface area contributed by atoms with Crippen LogP contribution in [0, 0.1) is 0 Å². The monoisotopic (exact) mass is 442 g/mol. The van der Waals surface area contributed by atoms with Crippen molar-refractivity contribution in [3.05, 3.63) is 59.7 Å². The van der Waals surface area contributed by atoms with Crippen LogP contribution < -0.4 is 20.8 Å². The molecule has 0 bridgehead atoms. The molecule has 31 heavy (non-hydrogen) atoms. The summed E-state index contributed by atoms with van der Waals surface area (Å²) in [5, 5.41) is 6.40. The highest BCUT2D eigenvalue weighted by Crippen LogP contribution is 2.30. The van der Waals surface area contributed by atoms with Crippen LogP contribution in [0.1, 0.15) is 29.8 Å². The summed E-state index contributed by atoms with van der Waals surface area (Å²) in [6.45, 7) is 3.62. The number of anilines is 1. The molecule has 0 radical (unpaired) electrons. The summed E-state index contributed by atoms with van der Waals surface area (Å²) in [7, 11) is 1.52. The van der Waals surface area contributed by atoms with Crippen LogP contribution in [-0.4, -0.2) is 41.7 Å². The maximum absolute atomic E-state index is 13.0. The summed E-state index contributed by atoms with van der Waals surface area (Å²) >= 11 is 5.23. The van der Waals surface area contributed by atoms with Gasteiger partial charge in [-0.3, -0.25) is 10.2 Å². The van der Waals surface area contributed by atoms with Gasteiger partial charge in [-0.1, -0.05) is 12.1 Å². The number of methoxy groups -OCH3 is 1. The summed E-state index contributed by atoms with van der Waals surface area (Å²) in [6.07, 6.45) is 0. The molecule has 3 N–H and O–H groups in total. The largest absolute Gasteiger partial charge is 0.497 e. The first-order chi connectivity index (χ1) is 14.8. The number of urea groups is 1. The van der Waals surface area contributed by atoms with Gasteiger partial charge in [0.1, 0.15) is 11.3 Å². The molecule has 10 heteroatoms. The lowest BCUT2D eigenvalue weighted by Crippen LogP contribution is -2.49. The summed E-state index contributed by atoms with van der Waals surface area (Å²) in [6, 6.07) is 12.7. The second-order valence-electron chi connectivity index (χ2n) is 6.79. The highest BCUT2D eigenvalue weighted by molar-refractivity contribution is 7.80. The van der Waals surface area contributed by atoms with E-state index in [0.29, 0.717) is 22.6 Å². The normalized spacial score (nSPS) is 17.7. The third kappa shape index (κ3) is 4.58. The van der Waals surface area contributed by atoms with E-state index in [4.69, 9.17) is 21.7 Å². The number of thiocarbonyl (C=S) groups is 1. The lowest BCUT2D eigenvalue weighted by Gasteiger charge is -2.23. The molecule has 3 rings (SSSR count). The molecule has 9 nitrogen and oxygen atoms in total. The van der Waals surface area contributed by atoms with Gasteiger partial charge in [0.25, 0.3) is 5.91 Å². The Morgan fingerprint density at radius 1 is 1.19 bits per heavy atom. The highest BCUT2D eigenvalue weighted by Gasteiger charge is 2.50. The van der Waals surface area contributed by atoms with E-state index >= 15 is 0 Å². The van der Waals surface area contributed by atoms with Crippen molar-refractivity contribution in [3.63, 3.8) is 0 Å². The lowest BCUT2D eigenvalue weighted by molar-refractivity contribution is -0.132. The van der Waals surface area contributed by atoms with Crippen LogP contribution in [0.15, 0.2) is 48.5 Å². The van der Waals surface area contributed by atoms with E-state index in [1.165, 1.54) is 7.11 Å². The average Bonchev–Trinajstić information content (AvgIpc) is 2.98. The summed E-state index contributed by atoms with van der Waals surface area (Å²) in [5.74, 6) is -0.380. The van der Waals surface area contributed by atoms with E-state index in [2.05, 4.69) is 16.1 Å². The van der Waals surface area contributed by atoms with Crippen molar-refractivity contribution >= 4 is 40.9 Å². The molecular weight excluding hydrogens is 420 g/mol. The molecule has 1 unspecified atom stereocenters. The average molecular weight is 442 g/mol. The first kappa shape index (κ1) is 22.0. The Morgan fingerprint density at radius 3 is 2.55 bits per heavy atom. The number of hydrogen-bond donors (Lipinski definition) is 3. The van der Waals surface area contributed by atoms with E-state index in [0.717, 1.165) is 5.01 Å². The Labute approximate surface area is 184 Å². The number of hydrazine groups is 1. The van der Waals surface area contributed by atoms with Crippen LogP contribution in [-0.2, 0) is 15.1 Å². The summed E-state index contributed by atoms with van der Waals surface area (Å²) in [5.41, 5.74) is 2.86. The van der Waals surface area contributed by atoms with Crippen LogP contribution >= 0.6 is 12.2 Å². The minimum Gasteiger partial charge on any atom is -0.497 e. The molecule has 2 aromatic carbocycles. The van der Waals surface area contributed by atoms with Gasteiger partial charge in [-0.25, -0.2) is 9.59 Å². The maximum Gasteiger partial charge on any atom is 0.344 e. The number of ether oxygens (including phenoxy) is 2. The third-order valence-corrected chi connectivity index (χ3v) is 4.90. The predicted molar refractivity (Wildman–Crippen MR) is 117 cm³/mol. The number of esters is 1. The van der Waals surface area contributed by atoms with E-state index in [9.17, 15) is 14.4 Å². The highest BCUT2D eigenvalue weighted by atomic mass is 32.1. The maximum atomic E-state index is 13.0. The minimum atomic E-state index is -1.28. The van der Waals surface area contributed by atoms with E-state index < -0.39 is 23.4 Å². The van der Waals surface area contributed by atoms with Crippen LogP contribution in [0.25, 0.3) is 0 Å². The first-order valence-corrected chi connectivity index (χ1v) is 9.85. The quantitative estimate of drug-likeness (QED) is 0.356. The van der Waals surface area contributed by atoms with E-state index in [1.807, 2.05) is 0 Å². The van der Waals surface area contributed by atoms with Gasteiger partial charge in [-0.05, 0) is 68.0 Å². The Balaban J connectivity index is 1.68. The number of nitrogens with one attached hydrogen (secondary N) is 3.